The van der Waals surface area contributed by atoms with Crippen LogP contribution in [0, 0.1) is 0 Å². The van der Waals surface area contributed by atoms with Gasteiger partial charge in [-0.05, 0) is 36.3 Å². The third-order valence-electron chi connectivity index (χ3n) is 2.24. The Morgan fingerprint density at radius 1 is 1.50 bits per heavy atom. The Balaban J connectivity index is 2.23. The molecule has 2 N–H and O–H groups in total. The predicted molar refractivity (Wildman–Crippen MR) is 54.1 cm³/mol. The zero-order valence-electron chi connectivity index (χ0n) is 6.99. The van der Waals surface area contributed by atoms with E-state index in [1.54, 1.807) is 0 Å². The van der Waals surface area contributed by atoms with E-state index < -0.39 is 0 Å². The first-order valence-electron chi connectivity index (χ1n) is 4.36. The maximum atomic E-state index is 5.86. The Bertz CT molecular complexity index is 274. The fourth-order valence-electron chi connectivity index (χ4n) is 1.62. The van der Waals surface area contributed by atoms with E-state index in [-0.39, 0.29) is 6.04 Å². The molecule has 0 amide bonds. The molecule has 2 heteroatoms. The highest BCUT2D eigenvalue weighted by Crippen LogP contribution is 2.28. The van der Waals surface area contributed by atoms with Gasteiger partial charge < -0.3 is 5.73 Å². The van der Waals surface area contributed by atoms with E-state index in [2.05, 4.69) is 23.6 Å². The molecule has 0 radical (unpaired) electrons. The molecular weight excluding hydrogens is 166 g/mol. The summed E-state index contributed by atoms with van der Waals surface area (Å²) in [7, 11) is 0. The molecule has 0 bridgehead atoms. The monoisotopic (exact) mass is 179 g/mol. The molecule has 12 heavy (non-hydrogen) atoms. The van der Waals surface area contributed by atoms with E-state index in [0.717, 1.165) is 6.42 Å². The van der Waals surface area contributed by atoms with Crippen LogP contribution in [0.5, 0.6) is 0 Å². The van der Waals surface area contributed by atoms with Crippen LogP contribution in [0.3, 0.4) is 0 Å². The molecule has 1 atom stereocenters. The van der Waals surface area contributed by atoms with Gasteiger partial charge in [0, 0.05) is 10.9 Å². The molecule has 0 aromatic carbocycles. The molecule has 64 valence electrons. The van der Waals surface area contributed by atoms with E-state index in [1.807, 2.05) is 11.3 Å². The van der Waals surface area contributed by atoms with Crippen LogP contribution < -0.4 is 5.73 Å². The molecule has 2 rings (SSSR count). The normalized spacial score (nSPS) is 23.8. The van der Waals surface area contributed by atoms with E-state index in [9.17, 15) is 0 Å². The summed E-state index contributed by atoms with van der Waals surface area (Å²) in [5.41, 5.74) is 7.31. The van der Waals surface area contributed by atoms with Crippen molar-refractivity contribution in [1.29, 1.82) is 0 Å². The number of hydrogen-bond acceptors (Lipinski definition) is 2. The third-order valence-corrected chi connectivity index (χ3v) is 3.18. The number of rotatable bonds is 1. The lowest BCUT2D eigenvalue weighted by Crippen LogP contribution is -2.19. The number of hydrogen-bond donors (Lipinski definition) is 1. The van der Waals surface area contributed by atoms with Crippen LogP contribution in [0.15, 0.2) is 23.6 Å². The van der Waals surface area contributed by atoms with Crippen molar-refractivity contribution in [3.63, 3.8) is 0 Å². The average molecular weight is 179 g/mol. The van der Waals surface area contributed by atoms with Gasteiger partial charge in [0.25, 0.3) is 0 Å². The highest BCUT2D eigenvalue weighted by molar-refractivity contribution is 7.11. The van der Waals surface area contributed by atoms with Crippen molar-refractivity contribution in [2.45, 2.75) is 25.3 Å². The van der Waals surface area contributed by atoms with Gasteiger partial charge in [0.15, 0.2) is 0 Å². The highest BCUT2D eigenvalue weighted by atomic mass is 32.1. The number of thiophene rings is 1. The second-order valence-corrected chi connectivity index (χ2v) is 4.17. The van der Waals surface area contributed by atoms with Gasteiger partial charge in [-0.15, -0.1) is 11.3 Å². The van der Waals surface area contributed by atoms with Crippen LogP contribution in [0.1, 0.15) is 24.1 Å². The highest BCUT2D eigenvalue weighted by Gasteiger charge is 2.11. The lowest BCUT2D eigenvalue weighted by Gasteiger charge is -2.16. The topological polar surface area (TPSA) is 26.0 Å². The third kappa shape index (κ3) is 1.59. The smallest absolute Gasteiger partial charge is 0.0299 e. The van der Waals surface area contributed by atoms with Crippen molar-refractivity contribution in [1.82, 2.24) is 0 Å². The summed E-state index contributed by atoms with van der Waals surface area (Å²) in [4.78, 5) is 1.39. The van der Waals surface area contributed by atoms with Crippen LogP contribution in [0.4, 0.5) is 0 Å². The van der Waals surface area contributed by atoms with Gasteiger partial charge in [-0.3, -0.25) is 0 Å². The van der Waals surface area contributed by atoms with Crippen LogP contribution in [0.25, 0.3) is 5.57 Å². The summed E-state index contributed by atoms with van der Waals surface area (Å²) in [6, 6.07) is 4.56. The molecular formula is C10H13NS. The summed E-state index contributed by atoms with van der Waals surface area (Å²) >= 11 is 1.81. The second kappa shape index (κ2) is 3.42. The van der Waals surface area contributed by atoms with Crippen molar-refractivity contribution in [3.05, 3.63) is 28.5 Å². The first-order valence-corrected chi connectivity index (χ1v) is 5.24. The molecule has 1 aromatic heterocycles. The Labute approximate surface area is 76.9 Å². The van der Waals surface area contributed by atoms with E-state index in [4.69, 9.17) is 5.73 Å². The van der Waals surface area contributed by atoms with Crippen molar-refractivity contribution < 1.29 is 0 Å². The largest absolute Gasteiger partial charge is 0.324 e. The van der Waals surface area contributed by atoms with Gasteiger partial charge >= 0.3 is 0 Å². The number of nitrogens with two attached hydrogens (primary N) is 1. The van der Waals surface area contributed by atoms with Crippen molar-refractivity contribution in [2.24, 2.45) is 5.73 Å². The summed E-state index contributed by atoms with van der Waals surface area (Å²) in [6.07, 6.45) is 5.81. The van der Waals surface area contributed by atoms with Gasteiger partial charge in [-0.2, -0.15) is 0 Å². The molecule has 1 aliphatic rings. The standard InChI is InChI=1S/C10H13NS/c11-9-4-1-3-8(7-9)10-5-2-6-12-10/h2,5-7,9H,1,3-4,11H2. The molecule has 1 heterocycles. The van der Waals surface area contributed by atoms with Crippen molar-refractivity contribution in [2.75, 3.05) is 0 Å². The molecule has 1 nitrogen and oxygen atoms in total. The van der Waals surface area contributed by atoms with Gasteiger partial charge in [0.2, 0.25) is 0 Å². The quantitative estimate of drug-likeness (QED) is 0.704. The Hall–Kier alpha value is -0.600. The molecule has 1 aliphatic carbocycles. The van der Waals surface area contributed by atoms with Crippen LogP contribution in [0.2, 0.25) is 0 Å². The Kier molecular flexibility index (Phi) is 2.28. The van der Waals surface area contributed by atoms with Gasteiger partial charge in [0.05, 0.1) is 0 Å². The van der Waals surface area contributed by atoms with Gasteiger partial charge in [-0.25, -0.2) is 0 Å². The van der Waals surface area contributed by atoms with Crippen molar-refractivity contribution >= 4 is 16.9 Å². The minimum absolute atomic E-state index is 0.288. The molecule has 1 aromatic rings. The lowest BCUT2D eigenvalue weighted by atomic mass is 9.95. The predicted octanol–water partition coefficient (Wildman–Crippen LogP) is 2.64. The first-order chi connectivity index (χ1) is 5.86. The fraction of sp³-hybridized carbons (Fsp3) is 0.400. The van der Waals surface area contributed by atoms with Crippen LogP contribution >= 0.6 is 11.3 Å². The van der Waals surface area contributed by atoms with Crippen molar-refractivity contribution in [3.8, 4) is 0 Å². The summed E-state index contributed by atoms with van der Waals surface area (Å²) in [5, 5.41) is 2.12. The average Bonchev–Trinajstić information content (AvgIpc) is 2.56. The van der Waals surface area contributed by atoms with E-state index in [0.29, 0.717) is 0 Å². The minimum atomic E-state index is 0.288. The Morgan fingerprint density at radius 3 is 3.08 bits per heavy atom. The zero-order chi connectivity index (χ0) is 8.39. The number of allylic oxidation sites excluding steroid dienone is 1. The van der Waals surface area contributed by atoms with E-state index >= 15 is 0 Å². The molecule has 0 aliphatic heterocycles. The maximum Gasteiger partial charge on any atom is 0.0299 e. The Morgan fingerprint density at radius 2 is 2.42 bits per heavy atom. The fourth-order valence-corrected chi connectivity index (χ4v) is 2.40. The van der Waals surface area contributed by atoms with Crippen LogP contribution in [-0.2, 0) is 0 Å². The first kappa shape index (κ1) is 8.02. The SMILES string of the molecule is NC1C=C(c2cccs2)CCC1. The molecule has 0 saturated heterocycles. The lowest BCUT2D eigenvalue weighted by molar-refractivity contribution is 0.655. The van der Waals surface area contributed by atoms with Crippen LogP contribution in [-0.4, -0.2) is 6.04 Å². The molecule has 0 saturated carbocycles. The molecule has 1 unspecified atom stereocenters. The summed E-state index contributed by atoms with van der Waals surface area (Å²) < 4.78 is 0. The van der Waals surface area contributed by atoms with E-state index in [1.165, 1.54) is 23.3 Å². The summed E-state index contributed by atoms with van der Waals surface area (Å²) in [6.45, 7) is 0. The zero-order valence-corrected chi connectivity index (χ0v) is 7.81. The van der Waals surface area contributed by atoms with Gasteiger partial charge in [0.1, 0.15) is 0 Å². The summed E-state index contributed by atoms with van der Waals surface area (Å²) in [5.74, 6) is 0. The molecule has 0 fully saturated rings. The molecule has 0 spiro atoms. The maximum absolute atomic E-state index is 5.86. The van der Waals surface area contributed by atoms with Gasteiger partial charge in [-0.1, -0.05) is 12.1 Å². The minimum Gasteiger partial charge on any atom is -0.324 e. The second-order valence-electron chi connectivity index (χ2n) is 3.23.